The van der Waals surface area contributed by atoms with Gasteiger partial charge in [-0.15, -0.1) is 0 Å². The highest BCUT2D eigenvalue weighted by Gasteiger charge is 2.31. The van der Waals surface area contributed by atoms with E-state index < -0.39 is 0 Å². The molecule has 1 fully saturated rings. The molecule has 1 aromatic carbocycles. The van der Waals surface area contributed by atoms with Gasteiger partial charge in [-0.2, -0.15) is 0 Å². The Labute approximate surface area is 120 Å². The average Bonchev–Trinajstić information content (AvgIpc) is 2.96. The van der Waals surface area contributed by atoms with Crippen LogP contribution < -0.4 is 11.1 Å². The summed E-state index contributed by atoms with van der Waals surface area (Å²) in [5.74, 6) is 0.607. The molecule has 1 aliphatic carbocycles. The second-order valence-corrected chi connectivity index (χ2v) is 5.36. The number of rotatable bonds is 7. The normalized spacial score (nSPS) is 21.9. The molecule has 0 aliphatic heterocycles. The highest BCUT2D eigenvalue weighted by atomic mass is 16.5. The summed E-state index contributed by atoms with van der Waals surface area (Å²) in [5, 5.41) is 2.96. The highest BCUT2D eigenvalue weighted by molar-refractivity contribution is 5.79. The average molecular weight is 276 g/mol. The van der Waals surface area contributed by atoms with Gasteiger partial charge in [-0.05, 0) is 30.9 Å². The Morgan fingerprint density at radius 2 is 2.10 bits per heavy atom. The van der Waals surface area contributed by atoms with Gasteiger partial charge in [0.15, 0.2) is 0 Å². The van der Waals surface area contributed by atoms with Gasteiger partial charge in [-0.3, -0.25) is 4.79 Å². The molecule has 0 radical (unpaired) electrons. The predicted molar refractivity (Wildman–Crippen MR) is 79.0 cm³/mol. The van der Waals surface area contributed by atoms with E-state index in [1.165, 1.54) is 0 Å². The lowest BCUT2D eigenvalue weighted by Gasteiger charge is -2.17. The van der Waals surface area contributed by atoms with E-state index in [0.29, 0.717) is 32.2 Å². The molecule has 1 aliphatic rings. The molecule has 1 aromatic rings. The maximum atomic E-state index is 12.0. The van der Waals surface area contributed by atoms with Crippen LogP contribution in [0.15, 0.2) is 30.3 Å². The van der Waals surface area contributed by atoms with E-state index in [0.717, 1.165) is 24.8 Å². The van der Waals surface area contributed by atoms with Gasteiger partial charge in [0, 0.05) is 12.5 Å². The molecule has 1 amide bonds. The van der Waals surface area contributed by atoms with Crippen molar-refractivity contribution in [3.05, 3.63) is 35.9 Å². The summed E-state index contributed by atoms with van der Waals surface area (Å²) in [7, 11) is 0. The molecule has 0 heterocycles. The molecule has 4 heteroatoms. The molecule has 0 unspecified atom stereocenters. The van der Waals surface area contributed by atoms with E-state index in [2.05, 4.69) is 5.32 Å². The number of carbonyl (C=O) groups excluding carboxylic acids is 1. The number of ether oxygens (including phenoxy) is 1. The van der Waals surface area contributed by atoms with E-state index in [-0.39, 0.29) is 11.8 Å². The van der Waals surface area contributed by atoms with E-state index in [1.807, 2.05) is 30.3 Å². The van der Waals surface area contributed by atoms with Crippen LogP contribution in [-0.2, 0) is 16.1 Å². The summed E-state index contributed by atoms with van der Waals surface area (Å²) >= 11 is 0. The summed E-state index contributed by atoms with van der Waals surface area (Å²) < 4.78 is 5.55. The Morgan fingerprint density at radius 1 is 1.30 bits per heavy atom. The van der Waals surface area contributed by atoms with Gasteiger partial charge >= 0.3 is 0 Å². The summed E-state index contributed by atoms with van der Waals surface area (Å²) in [6.07, 6.45) is 3.17. The van der Waals surface area contributed by atoms with E-state index in [9.17, 15) is 4.79 Å². The first-order valence-corrected chi connectivity index (χ1v) is 7.40. The first kappa shape index (κ1) is 15.0. The standard InChI is InChI=1S/C16H24N2O2/c17-11-14-7-4-8-15(14)16(19)18-9-10-20-12-13-5-2-1-3-6-13/h1-3,5-6,14-15H,4,7-12,17H2,(H,18,19)/t14-,15-/m1/s1. The molecule has 0 spiro atoms. The third-order valence-electron chi connectivity index (χ3n) is 3.96. The van der Waals surface area contributed by atoms with Crippen LogP contribution in [-0.4, -0.2) is 25.6 Å². The largest absolute Gasteiger partial charge is 0.375 e. The summed E-state index contributed by atoms with van der Waals surface area (Å²) in [4.78, 5) is 12.0. The predicted octanol–water partition coefficient (Wildman–Crippen LogP) is 1.69. The van der Waals surface area contributed by atoms with Crippen molar-refractivity contribution in [1.29, 1.82) is 0 Å². The number of benzene rings is 1. The highest BCUT2D eigenvalue weighted by Crippen LogP contribution is 2.30. The van der Waals surface area contributed by atoms with Gasteiger partial charge in [0.25, 0.3) is 0 Å². The summed E-state index contributed by atoms with van der Waals surface area (Å²) in [6.45, 7) is 2.31. The number of nitrogens with one attached hydrogen (secondary N) is 1. The first-order chi connectivity index (χ1) is 9.81. The Morgan fingerprint density at radius 3 is 2.85 bits per heavy atom. The Hall–Kier alpha value is -1.39. The van der Waals surface area contributed by atoms with Crippen LogP contribution in [0.1, 0.15) is 24.8 Å². The zero-order valence-electron chi connectivity index (χ0n) is 11.9. The van der Waals surface area contributed by atoms with Gasteiger partial charge in [0.2, 0.25) is 5.91 Å². The second-order valence-electron chi connectivity index (χ2n) is 5.36. The Balaban J connectivity index is 1.60. The zero-order chi connectivity index (χ0) is 14.2. The number of nitrogens with two attached hydrogens (primary N) is 1. The zero-order valence-corrected chi connectivity index (χ0v) is 11.9. The van der Waals surface area contributed by atoms with Gasteiger partial charge < -0.3 is 15.8 Å². The summed E-state index contributed by atoms with van der Waals surface area (Å²) in [5.41, 5.74) is 6.85. The van der Waals surface area contributed by atoms with Crippen molar-refractivity contribution in [2.45, 2.75) is 25.9 Å². The smallest absolute Gasteiger partial charge is 0.223 e. The van der Waals surface area contributed by atoms with Gasteiger partial charge in [0.05, 0.1) is 13.2 Å². The van der Waals surface area contributed by atoms with Crippen LogP contribution in [0.4, 0.5) is 0 Å². The third kappa shape index (κ3) is 4.32. The SMILES string of the molecule is NC[C@H]1CCC[C@H]1C(=O)NCCOCc1ccccc1. The molecule has 3 N–H and O–H groups in total. The quantitative estimate of drug-likeness (QED) is 0.745. The Kier molecular flexibility index (Phi) is 6.02. The van der Waals surface area contributed by atoms with Crippen molar-refractivity contribution in [3.8, 4) is 0 Å². The molecule has 2 atom stereocenters. The van der Waals surface area contributed by atoms with Crippen LogP contribution in [0.5, 0.6) is 0 Å². The van der Waals surface area contributed by atoms with E-state index >= 15 is 0 Å². The van der Waals surface area contributed by atoms with Crippen molar-refractivity contribution in [1.82, 2.24) is 5.32 Å². The van der Waals surface area contributed by atoms with Gasteiger partial charge in [0.1, 0.15) is 0 Å². The molecule has 0 bridgehead atoms. The molecule has 0 aromatic heterocycles. The number of hydrogen-bond acceptors (Lipinski definition) is 3. The fraction of sp³-hybridized carbons (Fsp3) is 0.562. The number of hydrogen-bond donors (Lipinski definition) is 2. The fourth-order valence-corrected chi connectivity index (χ4v) is 2.81. The molecule has 20 heavy (non-hydrogen) atoms. The summed E-state index contributed by atoms with van der Waals surface area (Å²) in [6, 6.07) is 10.0. The van der Waals surface area contributed by atoms with Crippen molar-refractivity contribution in [3.63, 3.8) is 0 Å². The lowest BCUT2D eigenvalue weighted by Crippen LogP contribution is -2.36. The topological polar surface area (TPSA) is 64.4 Å². The maximum Gasteiger partial charge on any atom is 0.223 e. The molecule has 4 nitrogen and oxygen atoms in total. The van der Waals surface area contributed by atoms with Crippen molar-refractivity contribution in [2.24, 2.45) is 17.6 Å². The number of carbonyl (C=O) groups is 1. The number of amides is 1. The van der Waals surface area contributed by atoms with Gasteiger partial charge in [-0.25, -0.2) is 0 Å². The minimum absolute atomic E-state index is 0.106. The van der Waals surface area contributed by atoms with Crippen LogP contribution in [0, 0.1) is 11.8 Å². The lowest BCUT2D eigenvalue weighted by atomic mass is 9.95. The third-order valence-corrected chi connectivity index (χ3v) is 3.96. The molecule has 2 rings (SSSR count). The molecular formula is C16H24N2O2. The van der Waals surface area contributed by atoms with E-state index in [4.69, 9.17) is 10.5 Å². The van der Waals surface area contributed by atoms with Crippen LogP contribution >= 0.6 is 0 Å². The fourth-order valence-electron chi connectivity index (χ4n) is 2.81. The van der Waals surface area contributed by atoms with Crippen molar-refractivity contribution in [2.75, 3.05) is 19.7 Å². The van der Waals surface area contributed by atoms with Crippen LogP contribution in [0.3, 0.4) is 0 Å². The maximum absolute atomic E-state index is 12.0. The molecule has 110 valence electrons. The van der Waals surface area contributed by atoms with Crippen LogP contribution in [0.25, 0.3) is 0 Å². The second kappa shape index (κ2) is 8.02. The van der Waals surface area contributed by atoms with Crippen LogP contribution in [0.2, 0.25) is 0 Å². The van der Waals surface area contributed by atoms with Crippen molar-refractivity contribution >= 4 is 5.91 Å². The van der Waals surface area contributed by atoms with E-state index in [1.54, 1.807) is 0 Å². The first-order valence-electron chi connectivity index (χ1n) is 7.40. The van der Waals surface area contributed by atoms with Gasteiger partial charge in [-0.1, -0.05) is 36.8 Å². The van der Waals surface area contributed by atoms with Crippen molar-refractivity contribution < 1.29 is 9.53 Å². The molecular weight excluding hydrogens is 252 g/mol. The minimum Gasteiger partial charge on any atom is -0.375 e. The molecule has 0 saturated heterocycles. The lowest BCUT2D eigenvalue weighted by molar-refractivity contribution is -0.126. The molecule has 1 saturated carbocycles. The monoisotopic (exact) mass is 276 g/mol. The Bertz CT molecular complexity index is 408. The minimum atomic E-state index is 0.106.